The molecule has 0 aromatic heterocycles. The lowest BCUT2D eigenvalue weighted by Crippen LogP contribution is -2.69. The lowest BCUT2D eigenvalue weighted by molar-refractivity contribution is -0.202. The first-order valence-electron chi connectivity index (χ1n) is 22.2. The minimum Gasteiger partial charge on any atom is -0.417 e. The van der Waals surface area contributed by atoms with Gasteiger partial charge in [-0.05, 0) is 111 Å². The molecule has 0 spiro atoms. The molecule has 57 heavy (non-hydrogen) atoms. The largest absolute Gasteiger partial charge is 0.417 e. The van der Waals surface area contributed by atoms with Crippen LogP contribution in [0.3, 0.4) is 0 Å². The standard InChI is InChI=1S/C49H84O5Si3/c1-35(2)42(34-53-56(17,18)46(7,8)9)49(14)30-37(32-50)44(51)43-41(49)29-38(31-48(43,13)36(3)33-52-55(15,16)45(4,5)6)54-57(47(10,11)12,39-25-21-19-22-26-39)40-27-23-20-24-28-40/h19-28,32,35-38,41-44,51H,29-31,33-34H2,1-18H3/t36-,37+,38+,41+,42-,43-,44-,48+,49-/m1/s1. The number of benzene rings is 2. The number of hydrogen-bond donors (Lipinski definition) is 1. The van der Waals surface area contributed by atoms with Crippen LogP contribution in [0, 0.1) is 46.3 Å². The van der Waals surface area contributed by atoms with Crippen molar-refractivity contribution in [2.75, 3.05) is 13.2 Å². The highest BCUT2D eigenvalue weighted by atomic mass is 28.4. The van der Waals surface area contributed by atoms with Crippen molar-refractivity contribution in [2.24, 2.45) is 46.3 Å². The van der Waals surface area contributed by atoms with Crippen LogP contribution in [0.25, 0.3) is 0 Å². The first kappa shape index (κ1) is 48.3. The Balaban J connectivity index is 1.96. The molecule has 9 atom stereocenters. The molecule has 8 heteroatoms. The summed E-state index contributed by atoms with van der Waals surface area (Å²) in [6.07, 6.45) is 2.57. The van der Waals surface area contributed by atoms with Crippen molar-refractivity contribution in [1.82, 2.24) is 0 Å². The first-order chi connectivity index (χ1) is 26.0. The van der Waals surface area contributed by atoms with Crippen molar-refractivity contribution in [2.45, 2.75) is 170 Å². The van der Waals surface area contributed by atoms with E-state index in [2.05, 4.69) is 184 Å². The topological polar surface area (TPSA) is 65.0 Å². The van der Waals surface area contributed by atoms with Crippen LogP contribution in [0.1, 0.15) is 116 Å². The normalized spacial score (nSPS) is 29.2. The van der Waals surface area contributed by atoms with Gasteiger partial charge in [0, 0.05) is 25.2 Å². The summed E-state index contributed by atoms with van der Waals surface area (Å²) in [6.45, 7) is 43.5. The van der Waals surface area contributed by atoms with E-state index in [0.717, 1.165) is 19.1 Å². The molecule has 2 aliphatic carbocycles. The van der Waals surface area contributed by atoms with Gasteiger partial charge in [-0.3, -0.25) is 0 Å². The quantitative estimate of drug-likeness (QED) is 0.152. The number of aldehydes is 1. The highest BCUT2D eigenvalue weighted by Gasteiger charge is 2.64. The predicted octanol–water partition coefficient (Wildman–Crippen LogP) is 11.5. The lowest BCUT2D eigenvalue weighted by atomic mass is 9.43. The second kappa shape index (κ2) is 17.2. The van der Waals surface area contributed by atoms with E-state index in [0.29, 0.717) is 25.6 Å². The Labute approximate surface area is 353 Å². The second-order valence-electron chi connectivity index (χ2n) is 23.4. The van der Waals surface area contributed by atoms with E-state index in [1.165, 1.54) is 10.4 Å². The third-order valence-electron chi connectivity index (χ3n) is 16.4. The molecule has 0 amide bonds. The van der Waals surface area contributed by atoms with Gasteiger partial charge in [0.15, 0.2) is 16.6 Å². The smallest absolute Gasteiger partial charge is 0.261 e. The van der Waals surface area contributed by atoms with Crippen LogP contribution in [-0.4, -0.2) is 61.8 Å². The van der Waals surface area contributed by atoms with E-state index in [1.807, 2.05) is 0 Å². The fourth-order valence-corrected chi connectivity index (χ4v) is 17.3. The summed E-state index contributed by atoms with van der Waals surface area (Å²) in [5.41, 5.74) is -0.647. The molecule has 1 N–H and O–H groups in total. The average molecular weight is 837 g/mol. The molecule has 2 fully saturated rings. The van der Waals surface area contributed by atoms with Gasteiger partial charge in [-0.2, -0.15) is 0 Å². The minimum absolute atomic E-state index is 0.0636. The van der Waals surface area contributed by atoms with E-state index >= 15 is 0 Å². The Hall–Kier alpha value is -1.40. The highest BCUT2D eigenvalue weighted by Crippen LogP contribution is 2.64. The van der Waals surface area contributed by atoms with E-state index in [4.69, 9.17) is 13.3 Å². The van der Waals surface area contributed by atoms with E-state index < -0.39 is 37.0 Å². The summed E-state index contributed by atoms with van der Waals surface area (Å²) in [5.74, 6) is 0.214. The van der Waals surface area contributed by atoms with Crippen LogP contribution < -0.4 is 10.4 Å². The Morgan fingerprint density at radius 3 is 1.58 bits per heavy atom. The van der Waals surface area contributed by atoms with Crippen molar-refractivity contribution in [3.05, 3.63) is 60.7 Å². The third kappa shape index (κ3) is 9.43. The number of rotatable bonds is 14. The molecule has 0 heterocycles. The van der Waals surface area contributed by atoms with Gasteiger partial charge in [0.2, 0.25) is 0 Å². The average Bonchev–Trinajstić information content (AvgIpc) is 3.10. The molecule has 0 saturated heterocycles. The van der Waals surface area contributed by atoms with Gasteiger partial charge < -0.3 is 23.2 Å². The van der Waals surface area contributed by atoms with Crippen molar-refractivity contribution in [3.63, 3.8) is 0 Å². The number of aliphatic hydroxyl groups excluding tert-OH is 1. The maximum atomic E-state index is 13.2. The Morgan fingerprint density at radius 1 is 0.719 bits per heavy atom. The fourth-order valence-electron chi connectivity index (χ4n) is 10.5. The SMILES string of the molecule is CC(C)[C@@H](CO[Si](C)(C)C(C)(C)C)[C@]1(C)C[C@@H](C=O)[C@@H](O)[C@H]2[C@@H]1C[C@H](O[Si](c1ccccc1)(c1ccccc1)C(C)(C)C)C[C@@]2(C)[C@H](C)CO[Si](C)(C)C(C)(C)C. The molecule has 0 aliphatic heterocycles. The zero-order valence-electron chi connectivity index (χ0n) is 39.6. The monoisotopic (exact) mass is 837 g/mol. The number of aliphatic hydroxyl groups is 1. The molecule has 0 radical (unpaired) electrons. The number of carbonyl (C=O) groups excluding carboxylic acids is 1. The van der Waals surface area contributed by atoms with Crippen LogP contribution in [-0.2, 0) is 18.1 Å². The summed E-state index contributed by atoms with van der Waals surface area (Å²) < 4.78 is 22.3. The van der Waals surface area contributed by atoms with E-state index in [-0.39, 0.29) is 55.7 Å². The molecule has 2 saturated carbocycles. The number of carbonyl (C=O) groups is 1. The Morgan fingerprint density at radius 2 is 1.18 bits per heavy atom. The highest BCUT2D eigenvalue weighted by molar-refractivity contribution is 6.99. The molecule has 2 aliphatic rings. The van der Waals surface area contributed by atoms with Gasteiger partial charge in [-0.25, -0.2) is 0 Å². The molecule has 2 aromatic rings. The van der Waals surface area contributed by atoms with Crippen molar-refractivity contribution < 1.29 is 23.2 Å². The van der Waals surface area contributed by atoms with Gasteiger partial charge in [0.25, 0.3) is 8.32 Å². The first-order valence-corrected chi connectivity index (χ1v) is 29.9. The fraction of sp³-hybridized carbons (Fsp3) is 0.735. The van der Waals surface area contributed by atoms with Crippen LogP contribution in [0.15, 0.2) is 60.7 Å². The van der Waals surface area contributed by atoms with E-state index in [1.54, 1.807) is 0 Å². The van der Waals surface area contributed by atoms with Crippen LogP contribution in [0.5, 0.6) is 0 Å². The lowest BCUT2D eigenvalue weighted by Gasteiger charge is -2.64. The van der Waals surface area contributed by atoms with Crippen molar-refractivity contribution in [1.29, 1.82) is 0 Å². The van der Waals surface area contributed by atoms with Crippen LogP contribution >= 0.6 is 0 Å². The second-order valence-corrected chi connectivity index (χ2v) is 37.2. The zero-order chi connectivity index (χ0) is 43.2. The molecular formula is C49H84O5Si3. The molecule has 5 nitrogen and oxygen atoms in total. The van der Waals surface area contributed by atoms with Crippen molar-refractivity contribution >= 4 is 41.6 Å². The molecule has 0 unspecified atom stereocenters. The summed E-state index contributed by atoms with van der Waals surface area (Å²) in [4.78, 5) is 13.2. The van der Waals surface area contributed by atoms with Crippen molar-refractivity contribution in [3.8, 4) is 0 Å². The summed E-state index contributed by atoms with van der Waals surface area (Å²) in [6, 6.07) is 22.1. The van der Waals surface area contributed by atoms with Crippen LogP contribution in [0.2, 0.25) is 41.3 Å². The van der Waals surface area contributed by atoms with Crippen LogP contribution in [0.4, 0.5) is 0 Å². The van der Waals surface area contributed by atoms with Gasteiger partial charge in [0.05, 0.1) is 6.10 Å². The maximum absolute atomic E-state index is 13.2. The van der Waals surface area contributed by atoms with E-state index in [9.17, 15) is 9.90 Å². The van der Waals surface area contributed by atoms with Gasteiger partial charge in [-0.15, -0.1) is 0 Å². The molecule has 2 aromatic carbocycles. The number of hydrogen-bond acceptors (Lipinski definition) is 5. The molecule has 4 rings (SSSR count). The van der Waals surface area contributed by atoms with Gasteiger partial charge in [0.1, 0.15) is 6.29 Å². The minimum atomic E-state index is -2.92. The molecule has 0 bridgehead atoms. The van der Waals surface area contributed by atoms with Gasteiger partial charge in [-0.1, -0.05) is 158 Å². The Kier molecular flexibility index (Phi) is 14.5. The molecule has 322 valence electrons. The summed E-state index contributed by atoms with van der Waals surface area (Å²) in [7, 11) is -7.07. The summed E-state index contributed by atoms with van der Waals surface area (Å²) in [5, 5.41) is 15.2. The zero-order valence-corrected chi connectivity index (χ0v) is 42.6. The Bertz CT molecular complexity index is 1570. The third-order valence-corrected chi connectivity index (χ3v) is 30.4. The number of fused-ring (bicyclic) bond motifs is 1. The summed E-state index contributed by atoms with van der Waals surface area (Å²) >= 11 is 0. The molecular weight excluding hydrogens is 753 g/mol. The predicted molar refractivity (Wildman–Crippen MR) is 249 cm³/mol. The maximum Gasteiger partial charge on any atom is 0.261 e. The van der Waals surface area contributed by atoms with Gasteiger partial charge >= 0.3 is 0 Å².